The molecule has 0 aromatic carbocycles. The lowest BCUT2D eigenvalue weighted by Gasteiger charge is -2.08. The van der Waals surface area contributed by atoms with Gasteiger partial charge < -0.3 is 10.3 Å². The summed E-state index contributed by atoms with van der Waals surface area (Å²) in [6, 6.07) is 0. The van der Waals surface area contributed by atoms with Crippen molar-refractivity contribution in [2.75, 3.05) is 0 Å². The minimum absolute atomic E-state index is 0.528. The molecule has 0 spiro atoms. The second kappa shape index (κ2) is 3.53. The SMILES string of the molecule is CC(C)Cn1ccnc1CN. The molecule has 2 N–H and O–H groups in total. The summed E-state index contributed by atoms with van der Waals surface area (Å²) in [5.74, 6) is 1.62. The molecule has 0 bridgehead atoms. The Kier molecular flexibility index (Phi) is 2.65. The van der Waals surface area contributed by atoms with Gasteiger partial charge in [0.05, 0.1) is 6.54 Å². The van der Waals surface area contributed by atoms with Crippen molar-refractivity contribution in [1.82, 2.24) is 9.55 Å². The molecule has 0 aliphatic rings. The number of aromatic nitrogens is 2. The Hall–Kier alpha value is -0.830. The first-order chi connectivity index (χ1) is 5.24. The lowest BCUT2D eigenvalue weighted by Crippen LogP contribution is -2.10. The van der Waals surface area contributed by atoms with Crippen LogP contribution in [-0.2, 0) is 13.1 Å². The molecule has 0 saturated carbocycles. The molecule has 11 heavy (non-hydrogen) atoms. The lowest BCUT2D eigenvalue weighted by atomic mass is 10.2. The molecule has 0 atom stereocenters. The molecular formula is C8H15N3. The van der Waals surface area contributed by atoms with Gasteiger partial charge in [-0.3, -0.25) is 0 Å². The first kappa shape index (κ1) is 8.27. The fourth-order valence-electron chi connectivity index (χ4n) is 1.09. The average Bonchev–Trinajstić information content (AvgIpc) is 2.34. The molecule has 0 unspecified atom stereocenters. The van der Waals surface area contributed by atoms with Crippen molar-refractivity contribution >= 4 is 0 Å². The average molecular weight is 153 g/mol. The monoisotopic (exact) mass is 153 g/mol. The number of hydrogen-bond acceptors (Lipinski definition) is 2. The minimum Gasteiger partial charge on any atom is -0.334 e. The summed E-state index contributed by atoms with van der Waals surface area (Å²) in [6.45, 7) is 5.90. The molecule has 1 heterocycles. The van der Waals surface area contributed by atoms with Crippen LogP contribution in [0.25, 0.3) is 0 Å². The molecule has 1 aromatic rings. The molecule has 1 rings (SSSR count). The van der Waals surface area contributed by atoms with E-state index in [9.17, 15) is 0 Å². The summed E-state index contributed by atoms with van der Waals surface area (Å²) in [5.41, 5.74) is 5.49. The highest BCUT2D eigenvalue weighted by Crippen LogP contribution is 2.02. The summed E-state index contributed by atoms with van der Waals surface area (Å²) in [7, 11) is 0. The molecule has 0 saturated heterocycles. The third-order valence-corrected chi connectivity index (χ3v) is 1.55. The zero-order valence-corrected chi connectivity index (χ0v) is 7.12. The summed E-state index contributed by atoms with van der Waals surface area (Å²) in [5, 5.41) is 0. The molecule has 0 aliphatic carbocycles. The second-order valence-electron chi connectivity index (χ2n) is 3.09. The lowest BCUT2D eigenvalue weighted by molar-refractivity contribution is 0.507. The second-order valence-corrected chi connectivity index (χ2v) is 3.09. The fraction of sp³-hybridized carbons (Fsp3) is 0.625. The van der Waals surface area contributed by atoms with E-state index in [4.69, 9.17) is 5.73 Å². The van der Waals surface area contributed by atoms with Crippen LogP contribution in [0, 0.1) is 5.92 Å². The Morgan fingerprint density at radius 1 is 1.64 bits per heavy atom. The van der Waals surface area contributed by atoms with Crippen molar-refractivity contribution in [1.29, 1.82) is 0 Å². The Morgan fingerprint density at radius 2 is 2.36 bits per heavy atom. The van der Waals surface area contributed by atoms with Gasteiger partial charge >= 0.3 is 0 Å². The molecule has 0 aliphatic heterocycles. The van der Waals surface area contributed by atoms with E-state index in [0.717, 1.165) is 12.4 Å². The molecule has 3 nitrogen and oxygen atoms in total. The summed E-state index contributed by atoms with van der Waals surface area (Å²) in [6.07, 6.45) is 3.77. The van der Waals surface area contributed by atoms with E-state index >= 15 is 0 Å². The van der Waals surface area contributed by atoms with E-state index in [1.807, 2.05) is 6.20 Å². The van der Waals surface area contributed by atoms with Crippen molar-refractivity contribution < 1.29 is 0 Å². The van der Waals surface area contributed by atoms with Gasteiger partial charge in [0.25, 0.3) is 0 Å². The topological polar surface area (TPSA) is 43.8 Å². The van der Waals surface area contributed by atoms with Gasteiger partial charge in [-0.1, -0.05) is 13.8 Å². The van der Waals surface area contributed by atoms with E-state index in [0.29, 0.717) is 12.5 Å². The Balaban J connectivity index is 2.68. The largest absolute Gasteiger partial charge is 0.334 e. The predicted molar refractivity (Wildman–Crippen MR) is 45.0 cm³/mol. The highest BCUT2D eigenvalue weighted by Gasteiger charge is 2.01. The van der Waals surface area contributed by atoms with Gasteiger partial charge in [0.1, 0.15) is 5.82 Å². The Labute approximate surface area is 67.2 Å². The Morgan fingerprint density at radius 3 is 2.91 bits per heavy atom. The van der Waals surface area contributed by atoms with Crippen molar-refractivity contribution in [2.24, 2.45) is 11.7 Å². The molecule has 62 valence electrons. The van der Waals surface area contributed by atoms with Gasteiger partial charge in [-0.05, 0) is 5.92 Å². The van der Waals surface area contributed by atoms with Crippen LogP contribution >= 0.6 is 0 Å². The van der Waals surface area contributed by atoms with E-state index in [-0.39, 0.29) is 0 Å². The van der Waals surface area contributed by atoms with Gasteiger partial charge in [-0.15, -0.1) is 0 Å². The van der Waals surface area contributed by atoms with Crippen molar-refractivity contribution in [3.63, 3.8) is 0 Å². The molecule has 0 amide bonds. The summed E-state index contributed by atoms with van der Waals surface area (Å²) < 4.78 is 2.10. The van der Waals surface area contributed by atoms with Crippen LogP contribution in [0.3, 0.4) is 0 Å². The maximum absolute atomic E-state index is 5.49. The third-order valence-electron chi connectivity index (χ3n) is 1.55. The van der Waals surface area contributed by atoms with Crippen LogP contribution in [0.4, 0.5) is 0 Å². The quantitative estimate of drug-likeness (QED) is 0.704. The molecule has 3 heteroatoms. The van der Waals surface area contributed by atoms with Gasteiger partial charge in [0.15, 0.2) is 0 Å². The van der Waals surface area contributed by atoms with Crippen molar-refractivity contribution in [3.8, 4) is 0 Å². The van der Waals surface area contributed by atoms with Gasteiger partial charge in [0.2, 0.25) is 0 Å². The highest BCUT2D eigenvalue weighted by molar-refractivity contribution is 4.91. The van der Waals surface area contributed by atoms with Gasteiger partial charge in [-0.25, -0.2) is 4.98 Å². The normalized spacial score (nSPS) is 10.9. The Bertz CT molecular complexity index is 215. The van der Waals surface area contributed by atoms with Crippen LogP contribution in [-0.4, -0.2) is 9.55 Å². The van der Waals surface area contributed by atoms with E-state index in [1.54, 1.807) is 6.20 Å². The summed E-state index contributed by atoms with van der Waals surface area (Å²) in [4.78, 5) is 4.13. The molecule has 0 fully saturated rings. The van der Waals surface area contributed by atoms with Crippen LogP contribution in [0.2, 0.25) is 0 Å². The maximum Gasteiger partial charge on any atom is 0.122 e. The molecule has 0 radical (unpaired) electrons. The standard InChI is InChI=1S/C8H15N3/c1-7(2)6-11-4-3-10-8(11)5-9/h3-4,7H,5-6,9H2,1-2H3. The van der Waals surface area contributed by atoms with E-state index < -0.39 is 0 Å². The van der Waals surface area contributed by atoms with Gasteiger partial charge in [-0.2, -0.15) is 0 Å². The first-order valence-electron chi connectivity index (χ1n) is 3.94. The fourth-order valence-corrected chi connectivity index (χ4v) is 1.09. The number of hydrogen-bond donors (Lipinski definition) is 1. The first-order valence-corrected chi connectivity index (χ1v) is 3.94. The zero-order valence-electron chi connectivity index (χ0n) is 7.12. The molecule has 1 aromatic heterocycles. The van der Waals surface area contributed by atoms with E-state index in [1.165, 1.54) is 0 Å². The third kappa shape index (κ3) is 2.05. The molecular weight excluding hydrogens is 138 g/mol. The number of imidazole rings is 1. The van der Waals surface area contributed by atoms with Crippen LogP contribution in [0.5, 0.6) is 0 Å². The number of nitrogens with two attached hydrogens (primary N) is 1. The van der Waals surface area contributed by atoms with Crippen molar-refractivity contribution in [2.45, 2.75) is 26.9 Å². The number of nitrogens with zero attached hydrogens (tertiary/aromatic N) is 2. The highest BCUT2D eigenvalue weighted by atomic mass is 15.1. The van der Waals surface area contributed by atoms with Crippen LogP contribution in [0.15, 0.2) is 12.4 Å². The zero-order chi connectivity index (χ0) is 8.27. The van der Waals surface area contributed by atoms with Gasteiger partial charge in [0, 0.05) is 18.9 Å². The minimum atomic E-state index is 0.528. The smallest absolute Gasteiger partial charge is 0.122 e. The maximum atomic E-state index is 5.49. The number of rotatable bonds is 3. The van der Waals surface area contributed by atoms with Crippen LogP contribution < -0.4 is 5.73 Å². The summed E-state index contributed by atoms with van der Waals surface area (Å²) >= 11 is 0. The predicted octanol–water partition coefficient (Wildman–Crippen LogP) is 0.998. The van der Waals surface area contributed by atoms with E-state index in [2.05, 4.69) is 23.4 Å². The van der Waals surface area contributed by atoms with Crippen LogP contribution in [0.1, 0.15) is 19.7 Å². The van der Waals surface area contributed by atoms with Crippen molar-refractivity contribution in [3.05, 3.63) is 18.2 Å².